The highest BCUT2D eigenvalue weighted by Crippen LogP contribution is 2.23. The zero-order valence-electron chi connectivity index (χ0n) is 11.3. The standard InChI is InChI=1S/C12H23N3O3/c1-9-7-15(8-10(9)11(16)17)12(18)14(3)6-4-5-13-2/h9-10,13H,4-8H2,1-3H3,(H,16,17). The zero-order valence-corrected chi connectivity index (χ0v) is 11.3. The molecule has 1 aliphatic heterocycles. The molecule has 18 heavy (non-hydrogen) atoms. The van der Waals surface area contributed by atoms with Gasteiger partial charge in [-0.3, -0.25) is 4.79 Å². The Balaban J connectivity index is 2.45. The van der Waals surface area contributed by atoms with Gasteiger partial charge in [-0.15, -0.1) is 0 Å². The van der Waals surface area contributed by atoms with Crippen LogP contribution in [0.3, 0.4) is 0 Å². The molecule has 1 fully saturated rings. The summed E-state index contributed by atoms with van der Waals surface area (Å²) in [5.41, 5.74) is 0. The Morgan fingerprint density at radius 3 is 2.61 bits per heavy atom. The van der Waals surface area contributed by atoms with Gasteiger partial charge in [0.15, 0.2) is 0 Å². The van der Waals surface area contributed by atoms with Gasteiger partial charge in [0.25, 0.3) is 0 Å². The summed E-state index contributed by atoms with van der Waals surface area (Å²) < 4.78 is 0. The molecule has 2 atom stereocenters. The molecule has 0 aromatic carbocycles. The van der Waals surface area contributed by atoms with Crippen LogP contribution >= 0.6 is 0 Å². The molecule has 2 amide bonds. The average Bonchev–Trinajstić information content (AvgIpc) is 2.70. The van der Waals surface area contributed by atoms with E-state index in [2.05, 4.69) is 5.32 Å². The van der Waals surface area contributed by atoms with E-state index in [0.717, 1.165) is 13.0 Å². The number of carboxylic acids is 1. The molecule has 1 rings (SSSR count). The zero-order chi connectivity index (χ0) is 13.7. The Hall–Kier alpha value is -1.30. The van der Waals surface area contributed by atoms with E-state index in [1.807, 2.05) is 14.0 Å². The maximum atomic E-state index is 12.1. The van der Waals surface area contributed by atoms with Crippen LogP contribution in [0.1, 0.15) is 13.3 Å². The van der Waals surface area contributed by atoms with Gasteiger partial charge in [-0.25, -0.2) is 4.79 Å². The quantitative estimate of drug-likeness (QED) is 0.695. The predicted octanol–water partition coefficient (Wildman–Crippen LogP) is 0.300. The molecule has 0 aromatic rings. The first-order valence-corrected chi connectivity index (χ1v) is 6.34. The number of nitrogens with one attached hydrogen (secondary N) is 1. The van der Waals surface area contributed by atoms with Crippen LogP contribution in [0.5, 0.6) is 0 Å². The number of amides is 2. The molecular formula is C12H23N3O3. The molecule has 1 aliphatic rings. The lowest BCUT2D eigenvalue weighted by Gasteiger charge is -2.24. The first kappa shape index (κ1) is 14.8. The van der Waals surface area contributed by atoms with E-state index in [9.17, 15) is 9.59 Å². The second kappa shape index (κ2) is 6.58. The van der Waals surface area contributed by atoms with E-state index >= 15 is 0 Å². The van der Waals surface area contributed by atoms with Crippen LogP contribution < -0.4 is 5.32 Å². The number of nitrogens with zero attached hydrogens (tertiary/aromatic N) is 2. The van der Waals surface area contributed by atoms with Gasteiger partial charge in [0.05, 0.1) is 5.92 Å². The first-order valence-electron chi connectivity index (χ1n) is 6.34. The Morgan fingerprint density at radius 1 is 1.44 bits per heavy atom. The largest absolute Gasteiger partial charge is 0.481 e. The van der Waals surface area contributed by atoms with E-state index in [1.54, 1.807) is 16.8 Å². The minimum absolute atomic E-state index is 0.0251. The minimum atomic E-state index is -0.810. The summed E-state index contributed by atoms with van der Waals surface area (Å²) in [6.45, 7) is 4.29. The summed E-state index contributed by atoms with van der Waals surface area (Å²) in [6, 6.07) is -0.0679. The fourth-order valence-electron chi connectivity index (χ4n) is 2.27. The van der Waals surface area contributed by atoms with Crippen LogP contribution in [0, 0.1) is 11.8 Å². The van der Waals surface area contributed by atoms with Gasteiger partial charge in [0.1, 0.15) is 0 Å². The van der Waals surface area contributed by atoms with Crippen molar-refractivity contribution >= 4 is 12.0 Å². The van der Waals surface area contributed by atoms with Crippen LogP contribution in [0.25, 0.3) is 0 Å². The van der Waals surface area contributed by atoms with E-state index in [-0.39, 0.29) is 11.9 Å². The van der Waals surface area contributed by atoms with Gasteiger partial charge < -0.3 is 20.2 Å². The van der Waals surface area contributed by atoms with Crippen molar-refractivity contribution in [2.24, 2.45) is 11.8 Å². The van der Waals surface area contributed by atoms with Crippen molar-refractivity contribution in [3.05, 3.63) is 0 Å². The third-order valence-electron chi connectivity index (χ3n) is 3.45. The smallest absolute Gasteiger partial charge is 0.319 e. The van der Waals surface area contributed by atoms with Crippen LogP contribution in [-0.2, 0) is 4.79 Å². The summed E-state index contributed by atoms with van der Waals surface area (Å²) in [5, 5.41) is 12.1. The Morgan fingerprint density at radius 2 is 2.11 bits per heavy atom. The lowest BCUT2D eigenvalue weighted by Crippen LogP contribution is -2.41. The molecule has 0 radical (unpaired) electrons. The van der Waals surface area contributed by atoms with Crippen molar-refractivity contribution in [2.75, 3.05) is 40.3 Å². The Labute approximate surface area is 108 Å². The number of urea groups is 1. The second-order valence-corrected chi connectivity index (χ2v) is 4.99. The SMILES string of the molecule is CNCCCN(C)C(=O)N1CC(C)C(C(=O)O)C1. The Kier molecular flexibility index (Phi) is 5.40. The maximum Gasteiger partial charge on any atom is 0.319 e. The molecule has 0 aromatic heterocycles. The van der Waals surface area contributed by atoms with Crippen molar-refractivity contribution in [1.29, 1.82) is 0 Å². The van der Waals surface area contributed by atoms with Gasteiger partial charge >= 0.3 is 12.0 Å². The fourth-order valence-corrected chi connectivity index (χ4v) is 2.27. The molecule has 0 aliphatic carbocycles. The summed E-state index contributed by atoms with van der Waals surface area (Å²) >= 11 is 0. The normalized spacial score (nSPS) is 23.2. The van der Waals surface area contributed by atoms with Gasteiger partial charge in [-0.2, -0.15) is 0 Å². The maximum absolute atomic E-state index is 12.1. The lowest BCUT2D eigenvalue weighted by atomic mass is 9.99. The minimum Gasteiger partial charge on any atom is -0.481 e. The van der Waals surface area contributed by atoms with Crippen LogP contribution in [0.2, 0.25) is 0 Å². The number of aliphatic carboxylic acids is 1. The van der Waals surface area contributed by atoms with Gasteiger partial charge in [0, 0.05) is 26.7 Å². The van der Waals surface area contributed by atoms with Crippen molar-refractivity contribution in [2.45, 2.75) is 13.3 Å². The number of carboxylic acid groups (broad SMARTS) is 1. The number of carbonyl (C=O) groups is 2. The molecule has 0 saturated carbocycles. The molecule has 0 spiro atoms. The lowest BCUT2D eigenvalue weighted by molar-refractivity contribution is -0.142. The average molecular weight is 257 g/mol. The number of hydrogen-bond donors (Lipinski definition) is 2. The third kappa shape index (κ3) is 3.60. The van der Waals surface area contributed by atoms with E-state index in [0.29, 0.717) is 19.6 Å². The van der Waals surface area contributed by atoms with E-state index in [1.165, 1.54) is 0 Å². The van der Waals surface area contributed by atoms with Gasteiger partial charge in [0.2, 0.25) is 0 Å². The van der Waals surface area contributed by atoms with Crippen molar-refractivity contribution < 1.29 is 14.7 Å². The monoisotopic (exact) mass is 257 g/mol. The van der Waals surface area contributed by atoms with Gasteiger partial charge in [-0.05, 0) is 25.9 Å². The molecule has 6 nitrogen and oxygen atoms in total. The Bertz CT molecular complexity index is 309. The van der Waals surface area contributed by atoms with Gasteiger partial charge in [-0.1, -0.05) is 6.92 Å². The number of carbonyl (C=O) groups excluding carboxylic acids is 1. The first-order chi connectivity index (χ1) is 8.47. The third-order valence-corrected chi connectivity index (χ3v) is 3.45. The molecule has 104 valence electrons. The number of rotatable bonds is 5. The molecule has 2 unspecified atom stereocenters. The second-order valence-electron chi connectivity index (χ2n) is 4.99. The highest BCUT2D eigenvalue weighted by atomic mass is 16.4. The summed E-state index contributed by atoms with van der Waals surface area (Å²) in [6.07, 6.45) is 0.893. The molecule has 1 saturated heterocycles. The highest BCUT2D eigenvalue weighted by Gasteiger charge is 2.37. The van der Waals surface area contributed by atoms with E-state index < -0.39 is 11.9 Å². The highest BCUT2D eigenvalue weighted by molar-refractivity contribution is 5.77. The van der Waals surface area contributed by atoms with Crippen molar-refractivity contribution in [3.63, 3.8) is 0 Å². The summed E-state index contributed by atoms with van der Waals surface area (Å²) in [5.74, 6) is -1.22. The number of likely N-dealkylation sites (tertiary alicyclic amines) is 1. The summed E-state index contributed by atoms with van der Waals surface area (Å²) in [7, 11) is 3.64. The molecule has 2 N–H and O–H groups in total. The van der Waals surface area contributed by atoms with Crippen molar-refractivity contribution in [3.8, 4) is 0 Å². The molecule has 6 heteroatoms. The van der Waals surface area contributed by atoms with Crippen LogP contribution in [-0.4, -0.2) is 67.2 Å². The summed E-state index contributed by atoms with van der Waals surface area (Å²) in [4.78, 5) is 26.4. The molecular weight excluding hydrogens is 234 g/mol. The topological polar surface area (TPSA) is 72.9 Å². The van der Waals surface area contributed by atoms with Crippen LogP contribution in [0.4, 0.5) is 4.79 Å². The van der Waals surface area contributed by atoms with E-state index in [4.69, 9.17) is 5.11 Å². The molecule has 0 bridgehead atoms. The fraction of sp³-hybridized carbons (Fsp3) is 0.833. The predicted molar refractivity (Wildman–Crippen MR) is 68.4 cm³/mol. The van der Waals surface area contributed by atoms with Crippen LogP contribution in [0.15, 0.2) is 0 Å². The molecule has 1 heterocycles. The van der Waals surface area contributed by atoms with Crippen molar-refractivity contribution in [1.82, 2.24) is 15.1 Å². The number of hydrogen-bond acceptors (Lipinski definition) is 3.